The van der Waals surface area contributed by atoms with E-state index in [2.05, 4.69) is 46.6 Å². The highest BCUT2D eigenvalue weighted by Gasteiger charge is 2.30. The number of hydrogen-bond donors (Lipinski definition) is 0. The molecule has 0 fully saturated rings. The van der Waals surface area contributed by atoms with Crippen LogP contribution < -0.4 is 0 Å². The monoisotopic (exact) mass is 264 g/mol. The molecule has 0 saturated heterocycles. The molecule has 1 aliphatic rings. The van der Waals surface area contributed by atoms with Gasteiger partial charge in [-0.15, -0.1) is 6.58 Å². The highest BCUT2D eigenvalue weighted by molar-refractivity contribution is 6.70. The lowest BCUT2D eigenvalue weighted by Crippen LogP contribution is -2.29. The Hall–Kier alpha value is -0.763. The SMILES string of the molecule is C=CC[C@H]1C[C@H](C(=C)C)CC(O[Si](C)(C)C)=C1C. The lowest BCUT2D eigenvalue weighted by molar-refractivity contribution is 0.305. The number of rotatable bonds is 5. The summed E-state index contributed by atoms with van der Waals surface area (Å²) in [5, 5.41) is 0. The molecule has 1 nitrogen and oxygen atoms in total. The Labute approximate surface area is 114 Å². The molecule has 1 aliphatic carbocycles. The van der Waals surface area contributed by atoms with E-state index < -0.39 is 8.32 Å². The fourth-order valence-corrected chi connectivity index (χ4v) is 3.54. The van der Waals surface area contributed by atoms with Crippen LogP contribution in [0.4, 0.5) is 0 Å². The molecule has 0 spiro atoms. The van der Waals surface area contributed by atoms with Gasteiger partial charge in [-0.2, -0.15) is 0 Å². The molecule has 0 saturated carbocycles. The fourth-order valence-electron chi connectivity index (χ4n) is 2.56. The van der Waals surface area contributed by atoms with Gasteiger partial charge in [-0.25, -0.2) is 0 Å². The van der Waals surface area contributed by atoms with Crippen LogP contribution in [0.25, 0.3) is 0 Å². The Kier molecular flexibility index (Phi) is 5.03. The van der Waals surface area contributed by atoms with Crippen molar-refractivity contribution in [1.82, 2.24) is 0 Å². The highest BCUT2D eigenvalue weighted by Crippen LogP contribution is 2.40. The molecule has 0 amide bonds. The van der Waals surface area contributed by atoms with Crippen LogP contribution in [0.15, 0.2) is 36.1 Å². The topological polar surface area (TPSA) is 9.23 Å². The first-order valence-electron chi connectivity index (χ1n) is 6.89. The zero-order chi connectivity index (χ0) is 13.9. The standard InChI is InChI=1S/C16H28OSi/c1-8-9-14-10-15(12(2)3)11-16(13(14)4)17-18(5,6)7/h8,14-15H,1-2,9-11H2,3-7H3/t14-,15-/m0/s1. The second kappa shape index (κ2) is 5.92. The third-order valence-corrected chi connectivity index (χ3v) is 4.49. The summed E-state index contributed by atoms with van der Waals surface area (Å²) < 4.78 is 6.29. The van der Waals surface area contributed by atoms with E-state index in [-0.39, 0.29) is 0 Å². The highest BCUT2D eigenvalue weighted by atomic mass is 28.4. The largest absolute Gasteiger partial charge is 0.547 e. The smallest absolute Gasteiger partial charge is 0.241 e. The summed E-state index contributed by atoms with van der Waals surface area (Å²) >= 11 is 0. The minimum absolute atomic E-state index is 0.574. The van der Waals surface area contributed by atoms with Crippen molar-refractivity contribution in [2.24, 2.45) is 11.8 Å². The molecule has 0 aromatic heterocycles. The van der Waals surface area contributed by atoms with Crippen LogP contribution in [0, 0.1) is 11.8 Å². The molecule has 0 N–H and O–H groups in total. The van der Waals surface area contributed by atoms with Crippen LogP contribution in [-0.2, 0) is 4.43 Å². The second-order valence-electron chi connectivity index (χ2n) is 6.53. The lowest BCUT2D eigenvalue weighted by atomic mass is 9.76. The van der Waals surface area contributed by atoms with Crippen LogP contribution in [-0.4, -0.2) is 8.32 Å². The van der Waals surface area contributed by atoms with E-state index in [1.54, 1.807) is 0 Å². The minimum Gasteiger partial charge on any atom is -0.547 e. The Bertz CT molecular complexity index is 360. The molecule has 0 unspecified atom stereocenters. The summed E-state index contributed by atoms with van der Waals surface area (Å²) in [5.41, 5.74) is 2.73. The zero-order valence-corrected chi connectivity index (χ0v) is 13.7. The Morgan fingerprint density at radius 1 is 1.44 bits per heavy atom. The summed E-state index contributed by atoms with van der Waals surface area (Å²) in [6, 6.07) is 0. The van der Waals surface area contributed by atoms with Gasteiger partial charge in [-0.05, 0) is 63.7 Å². The molecule has 2 heteroatoms. The van der Waals surface area contributed by atoms with E-state index >= 15 is 0 Å². The summed E-state index contributed by atoms with van der Waals surface area (Å²) in [6.07, 6.45) is 5.32. The van der Waals surface area contributed by atoms with Crippen molar-refractivity contribution in [3.05, 3.63) is 36.1 Å². The van der Waals surface area contributed by atoms with Crippen molar-refractivity contribution in [1.29, 1.82) is 0 Å². The predicted octanol–water partition coefficient (Wildman–Crippen LogP) is 5.29. The van der Waals surface area contributed by atoms with E-state index in [0.29, 0.717) is 11.8 Å². The van der Waals surface area contributed by atoms with Crippen LogP contribution in [0.5, 0.6) is 0 Å². The van der Waals surface area contributed by atoms with E-state index in [4.69, 9.17) is 4.43 Å². The van der Waals surface area contributed by atoms with E-state index in [0.717, 1.165) is 12.8 Å². The van der Waals surface area contributed by atoms with Crippen LogP contribution in [0.1, 0.15) is 33.1 Å². The molecule has 0 aromatic carbocycles. The maximum absolute atomic E-state index is 6.29. The second-order valence-corrected chi connectivity index (χ2v) is 11.0. The first kappa shape index (κ1) is 15.3. The third-order valence-electron chi connectivity index (χ3n) is 3.63. The van der Waals surface area contributed by atoms with Crippen LogP contribution in [0.2, 0.25) is 19.6 Å². The first-order chi connectivity index (χ1) is 8.24. The van der Waals surface area contributed by atoms with Crippen molar-refractivity contribution in [2.45, 2.75) is 52.8 Å². The Balaban J connectivity index is 2.97. The van der Waals surface area contributed by atoms with Crippen LogP contribution >= 0.6 is 0 Å². The molecular weight excluding hydrogens is 236 g/mol. The van der Waals surface area contributed by atoms with E-state index in [9.17, 15) is 0 Å². The summed E-state index contributed by atoms with van der Waals surface area (Å²) in [6.45, 7) is 19.1. The molecule has 0 bridgehead atoms. The average molecular weight is 264 g/mol. The summed E-state index contributed by atoms with van der Waals surface area (Å²) in [5.74, 6) is 2.40. The van der Waals surface area contributed by atoms with Gasteiger partial charge >= 0.3 is 0 Å². The van der Waals surface area contributed by atoms with Gasteiger partial charge in [-0.1, -0.05) is 18.2 Å². The maximum Gasteiger partial charge on any atom is 0.241 e. The molecule has 0 aromatic rings. The molecule has 0 heterocycles. The fraction of sp³-hybridized carbons (Fsp3) is 0.625. The average Bonchev–Trinajstić information content (AvgIpc) is 2.21. The molecular formula is C16H28OSi. The normalized spacial score (nSPS) is 24.9. The van der Waals surface area contributed by atoms with Gasteiger partial charge in [0.25, 0.3) is 0 Å². The molecule has 0 radical (unpaired) electrons. The minimum atomic E-state index is -1.52. The quantitative estimate of drug-likeness (QED) is 0.484. The Morgan fingerprint density at radius 2 is 2.06 bits per heavy atom. The van der Waals surface area contributed by atoms with Gasteiger partial charge in [0.05, 0.1) is 5.76 Å². The third kappa shape index (κ3) is 4.16. The summed E-state index contributed by atoms with van der Waals surface area (Å²) in [7, 11) is -1.52. The van der Waals surface area contributed by atoms with E-state index in [1.807, 2.05) is 6.08 Å². The van der Waals surface area contributed by atoms with Gasteiger partial charge in [0.15, 0.2) is 0 Å². The summed E-state index contributed by atoms with van der Waals surface area (Å²) in [4.78, 5) is 0. The van der Waals surface area contributed by atoms with Crippen molar-refractivity contribution in [3.63, 3.8) is 0 Å². The van der Waals surface area contributed by atoms with Gasteiger partial charge in [0, 0.05) is 6.42 Å². The van der Waals surface area contributed by atoms with Crippen LogP contribution in [0.3, 0.4) is 0 Å². The predicted molar refractivity (Wildman–Crippen MR) is 83.0 cm³/mol. The van der Waals surface area contributed by atoms with Crippen molar-refractivity contribution >= 4 is 8.32 Å². The maximum atomic E-state index is 6.29. The van der Waals surface area contributed by atoms with Gasteiger partial charge in [0.1, 0.15) is 0 Å². The Morgan fingerprint density at radius 3 is 2.50 bits per heavy atom. The molecule has 102 valence electrons. The molecule has 1 rings (SSSR count). The number of hydrogen-bond acceptors (Lipinski definition) is 1. The van der Waals surface area contributed by atoms with Crippen molar-refractivity contribution in [3.8, 4) is 0 Å². The first-order valence-corrected chi connectivity index (χ1v) is 10.3. The molecule has 18 heavy (non-hydrogen) atoms. The van der Waals surface area contributed by atoms with E-state index in [1.165, 1.54) is 23.3 Å². The van der Waals surface area contributed by atoms with Crippen molar-refractivity contribution < 1.29 is 4.43 Å². The molecule has 0 aliphatic heterocycles. The lowest BCUT2D eigenvalue weighted by Gasteiger charge is -2.35. The number of allylic oxidation sites excluding steroid dienone is 4. The van der Waals surface area contributed by atoms with Gasteiger partial charge in [0.2, 0.25) is 8.32 Å². The zero-order valence-electron chi connectivity index (χ0n) is 12.7. The molecule has 2 atom stereocenters. The van der Waals surface area contributed by atoms with Gasteiger partial charge < -0.3 is 4.43 Å². The van der Waals surface area contributed by atoms with Crippen molar-refractivity contribution in [2.75, 3.05) is 0 Å². The van der Waals surface area contributed by atoms with Gasteiger partial charge in [-0.3, -0.25) is 0 Å².